The molecular weight excluding hydrogens is 174 g/mol. The number of nitrogens with two attached hydrogens (primary N) is 1. The minimum Gasteiger partial charge on any atom is -0.330 e. The van der Waals surface area contributed by atoms with Gasteiger partial charge in [-0.15, -0.1) is 0 Å². The molecule has 0 radical (unpaired) electrons. The number of rotatable bonds is 2. The molecule has 0 amide bonds. The average Bonchev–Trinajstić information content (AvgIpc) is 2.15. The van der Waals surface area contributed by atoms with Crippen LogP contribution in [0.2, 0.25) is 0 Å². The molecule has 1 rings (SSSR count). The van der Waals surface area contributed by atoms with Crippen molar-refractivity contribution < 1.29 is 0 Å². The van der Waals surface area contributed by atoms with Crippen molar-refractivity contribution in [1.29, 1.82) is 0 Å². The van der Waals surface area contributed by atoms with Crippen LogP contribution in [0, 0.1) is 0 Å². The maximum Gasteiger partial charge on any atom is 0.133 e. The highest BCUT2D eigenvalue weighted by Crippen LogP contribution is 2.19. The molecule has 0 aliphatic carbocycles. The van der Waals surface area contributed by atoms with Gasteiger partial charge in [0.2, 0.25) is 0 Å². The van der Waals surface area contributed by atoms with E-state index in [9.17, 15) is 0 Å². The largest absolute Gasteiger partial charge is 0.330 e. The first-order valence-electron chi connectivity index (χ1n) is 4.98. The van der Waals surface area contributed by atoms with Gasteiger partial charge in [-0.05, 0) is 6.07 Å². The van der Waals surface area contributed by atoms with Gasteiger partial charge in [0.15, 0.2) is 0 Å². The molecule has 0 bridgehead atoms. The van der Waals surface area contributed by atoms with Crippen molar-refractivity contribution in [1.82, 2.24) is 9.97 Å². The Balaban J connectivity index is 3.01. The number of hydrogen-bond donors (Lipinski definition) is 1. The van der Waals surface area contributed by atoms with Gasteiger partial charge in [0.1, 0.15) is 5.82 Å². The molecule has 3 heteroatoms. The Kier molecular flexibility index (Phi) is 3.21. The van der Waals surface area contributed by atoms with E-state index in [4.69, 9.17) is 5.73 Å². The van der Waals surface area contributed by atoms with E-state index in [2.05, 4.69) is 37.7 Å². The van der Waals surface area contributed by atoms with Crippen LogP contribution in [0.25, 0.3) is 0 Å². The lowest BCUT2D eigenvalue weighted by Gasteiger charge is -2.18. The predicted octanol–water partition coefficient (Wildman–Crippen LogP) is 1.84. The number of hydrogen-bond acceptors (Lipinski definition) is 3. The van der Waals surface area contributed by atoms with Crippen LogP contribution in [0.15, 0.2) is 12.3 Å². The van der Waals surface area contributed by atoms with Crippen molar-refractivity contribution in [2.45, 2.75) is 39.0 Å². The molecule has 14 heavy (non-hydrogen) atoms. The SMILES string of the molecule is CC(CN)c1ccnc(C(C)(C)C)n1. The van der Waals surface area contributed by atoms with Gasteiger partial charge in [0.25, 0.3) is 0 Å². The summed E-state index contributed by atoms with van der Waals surface area (Å²) in [6, 6.07) is 1.94. The van der Waals surface area contributed by atoms with Crippen LogP contribution in [0.3, 0.4) is 0 Å². The van der Waals surface area contributed by atoms with E-state index in [0.717, 1.165) is 11.5 Å². The van der Waals surface area contributed by atoms with E-state index in [1.807, 2.05) is 12.3 Å². The molecule has 0 saturated heterocycles. The molecule has 0 aliphatic rings. The van der Waals surface area contributed by atoms with Gasteiger partial charge in [-0.1, -0.05) is 27.7 Å². The minimum atomic E-state index is 0.00429. The lowest BCUT2D eigenvalue weighted by Crippen LogP contribution is -2.18. The summed E-state index contributed by atoms with van der Waals surface area (Å²) in [4.78, 5) is 8.80. The Morgan fingerprint density at radius 2 is 2.07 bits per heavy atom. The average molecular weight is 193 g/mol. The predicted molar refractivity (Wildman–Crippen MR) is 58.2 cm³/mol. The third-order valence-corrected chi connectivity index (χ3v) is 2.21. The van der Waals surface area contributed by atoms with Crippen molar-refractivity contribution in [2.24, 2.45) is 5.73 Å². The fourth-order valence-corrected chi connectivity index (χ4v) is 1.13. The van der Waals surface area contributed by atoms with Crippen LogP contribution in [-0.4, -0.2) is 16.5 Å². The molecule has 0 saturated carbocycles. The summed E-state index contributed by atoms with van der Waals surface area (Å²) < 4.78 is 0. The smallest absolute Gasteiger partial charge is 0.133 e. The molecule has 0 aromatic carbocycles. The van der Waals surface area contributed by atoms with Gasteiger partial charge in [0, 0.05) is 29.8 Å². The summed E-state index contributed by atoms with van der Waals surface area (Å²) in [6.45, 7) is 9.03. The molecule has 1 unspecified atom stereocenters. The van der Waals surface area contributed by atoms with Crippen LogP contribution in [0.5, 0.6) is 0 Å². The quantitative estimate of drug-likeness (QED) is 0.779. The van der Waals surface area contributed by atoms with Crippen molar-refractivity contribution in [3.63, 3.8) is 0 Å². The summed E-state index contributed by atoms with van der Waals surface area (Å²) >= 11 is 0. The lowest BCUT2D eigenvalue weighted by molar-refractivity contribution is 0.537. The Morgan fingerprint density at radius 3 is 2.57 bits per heavy atom. The van der Waals surface area contributed by atoms with E-state index in [0.29, 0.717) is 12.5 Å². The summed E-state index contributed by atoms with van der Waals surface area (Å²) in [5, 5.41) is 0. The summed E-state index contributed by atoms with van der Waals surface area (Å²) in [6.07, 6.45) is 1.81. The highest BCUT2D eigenvalue weighted by molar-refractivity contribution is 5.11. The highest BCUT2D eigenvalue weighted by Gasteiger charge is 2.18. The maximum atomic E-state index is 5.60. The second-order valence-corrected chi connectivity index (χ2v) is 4.69. The first kappa shape index (κ1) is 11.1. The molecule has 1 aromatic heterocycles. The zero-order valence-corrected chi connectivity index (χ0v) is 9.41. The van der Waals surface area contributed by atoms with Crippen LogP contribution in [-0.2, 0) is 5.41 Å². The molecule has 0 aliphatic heterocycles. The summed E-state index contributed by atoms with van der Waals surface area (Å²) in [7, 11) is 0. The molecule has 1 atom stereocenters. The Hall–Kier alpha value is -0.960. The Bertz CT molecular complexity index is 302. The molecule has 2 N–H and O–H groups in total. The molecule has 1 aromatic rings. The molecule has 0 spiro atoms. The third kappa shape index (κ3) is 2.51. The van der Waals surface area contributed by atoms with Crippen LogP contribution in [0.4, 0.5) is 0 Å². The van der Waals surface area contributed by atoms with Crippen LogP contribution < -0.4 is 5.73 Å². The topological polar surface area (TPSA) is 51.8 Å². The molecule has 78 valence electrons. The number of nitrogens with zero attached hydrogens (tertiary/aromatic N) is 2. The Morgan fingerprint density at radius 1 is 1.43 bits per heavy atom. The fraction of sp³-hybridized carbons (Fsp3) is 0.636. The molecular formula is C11H19N3. The van der Waals surface area contributed by atoms with Gasteiger partial charge in [-0.3, -0.25) is 0 Å². The van der Waals surface area contributed by atoms with E-state index < -0.39 is 0 Å². The van der Waals surface area contributed by atoms with Gasteiger partial charge < -0.3 is 5.73 Å². The van der Waals surface area contributed by atoms with Gasteiger partial charge in [0.05, 0.1) is 0 Å². The van der Waals surface area contributed by atoms with Crippen molar-refractivity contribution >= 4 is 0 Å². The van der Waals surface area contributed by atoms with Crippen molar-refractivity contribution in [2.75, 3.05) is 6.54 Å². The normalized spacial score (nSPS) is 14.1. The van der Waals surface area contributed by atoms with Gasteiger partial charge in [-0.25, -0.2) is 9.97 Å². The second kappa shape index (κ2) is 4.05. The van der Waals surface area contributed by atoms with Crippen molar-refractivity contribution in [3.8, 4) is 0 Å². The molecule has 3 nitrogen and oxygen atoms in total. The lowest BCUT2D eigenvalue weighted by atomic mass is 9.95. The van der Waals surface area contributed by atoms with Crippen LogP contribution >= 0.6 is 0 Å². The van der Waals surface area contributed by atoms with E-state index in [-0.39, 0.29) is 5.41 Å². The third-order valence-electron chi connectivity index (χ3n) is 2.21. The summed E-state index contributed by atoms with van der Waals surface area (Å²) in [5.74, 6) is 1.19. The van der Waals surface area contributed by atoms with E-state index in [1.54, 1.807) is 0 Å². The zero-order chi connectivity index (χ0) is 10.8. The minimum absolute atomic E-state index is 0.00429. The Labute approximate surface area is 85.8 Å². The van der Waals surface area contributed by atoms with Crippen LogP contribution in [0.1, 0.15) is 45.1 Å². The van der Waals surface area contributed by atoms with Gasteiger partial charge >= 0.3 is 0 Å². The summed E-state index contributed by atoms with van der Waals surface area (Å²) in [5.41, 5.74) is 6.64. The van der Waals surface area contributed by atoms with E-state index >= 15 is 0 Å². The zero-order valence-electron chi connectivity index (χ0n) is 9.41. The molecule has 1 heterocycles. The highest BCUT2D eigenvalue weighted by atomic mass is 14.9. The second-order valence-electron chi connectivity index (χ2n) is 4.69. The van der Waals surface area contributed by atoms with Gasteiger partial charge in [-0.2, -0.15) is 0 Å². The van der Waals surface area contributed by atoms with E-state index in [1.165, 1.54) is 0 Å². The number of aromatic nitrogens is 2. The fourth-order valence-electron chi connectivity index (χ4n) is 1.13. The first-order chi connectivity index (χ1) is 6.45. The maximum absolute atomic E-state index is 5.60. The standard InChI is InChI=1S/C11H19N3/c1-8(7-12)9-5-6-13-10(14-9)11(2,3)4/h5-6,8H,7,12H2,1-4H3. The molecule has 0 fully saturated rings. The monoisotopic (exact) mass is 193 g/mol. The van der Waals surface area contributed by atoms with Crippen molar-refractivity contribution in [3.05, 3.63) is 23.8 Å². The first-order valence-corrected chi connectivity index (χ1v) is 4.98.